The zero-order valence-electron chi connectivity index (χ0n) is 13.0. The highest BCUT2D eigenvalue weighted by Gasteiger charge is 2.37. The Morgan fingerprint density at radius 3 is 2.67 bits per heavy atom. The molecular formula is C15H25N3O3. The molecule has 0 spiro atoms. The maximum Gasteiger partial charge on any atom is 0.315 e. The van der Waals surface area contributed by atoms with Crippen molar-refractivity contribution in [3.8, 4) is 0 Å². The van der Waals surface area contributed by atoms with Crippen LogP contribution >= 0.6 is 0 Å². The number of aromatic nitrogens is 1. The van der Waals surface area contributed by atoms with Gasteiger partial charge >= 0.3 is 6.03 Å². The molecule has 6 heteroatoms. The van der Waals surface area contributed by atoms with E-state index in [0.29, 0.717) is 13.0 Å². The topological polar surface area (TPSA) is 87.4 Å². The van der Waals surface area contributed by atoms with Crippen molar-refractivity contribution < 1.29 is 14.4 Å². The van der Waals surface area contributed by atoms with Crippen LogP contribution in [-0.4, -0.2) is 35.0 Å². The average Bonchev–Trinajstić information content (AvgIpc) is 2.73. The fourth-order valence-corrected chi connectivity index (χ4v) is 3.08. The molecule has 0 saturated heterocycles. The van der Waals surface area contributed by atoms with Crippen LogP contribution in [0.15, 0.2) is 4.52 Å². The summed E-state index contributed by atoms with van der Waals surface area (Å²) in [7, 11) is 0. The number of nitrogens with zero attached hydrogens (tertiary/aromatic N) is 1. The van der Waals surface area contributed by atoms with Gasteiger partial charge in [-0.3, -0.25) is 0 Å². The van der Waals surface area contributed by atoms with Gasteiger partial charge in [0.2, 0.25) is 0 Å². The standard InChI is InChI=1S/C15H25N3O3/c1-10(13-11(2)18-21-12(13)3)9-16-14(20)17-15(7-8-19)5-4-6-15/h10,19H,4-9H2,1-3H3,(H2,16,17,20). The van der Waals surface area contributed by atoms with E-state index in [-0.39, 0.29) is 24.1 Å². The van der Waals surface area contributed by atoms with Gasteiger partial charge in [0.1, 0.15) is 5.76 Å². The second kappa shape index (κ2) is 6.47. The molecule has 21 heavy (non-hydrogen) atoms. The fourth-order valence-electron chi connectivity index (χ4n) is 3.08. The van der Waals surface area contributed by atoms with E-state index in [1.807, 2.05) is 20.8 Å². The Balaban J connectivity index is 1.84. The maximum absolute atomic E-state index is 12.0. The molecule has 0 aliphatic heterocycles. The Morgan fingerprint density at radius 1 is 1.48 bits per heavy atom. The van der Waals surface area contributed by atoms with Gasteiger partial charge in [-0.05, 0) is 39.5 Å². The van der Waals surface area contributed by atoms with Crippen LogP contribution in [0.25, 0.3) is 0 Å². The number of amides is 2. The van der Waals surface area contributed by atoms with Crippen LogP contribution < -0.4 is 10.6 Å². The molecule has 1 aromatic heterocycles. The van der Waals surface area contributed by atoms with Crippen LogP contribution in [0.5, 0.6) is 0 Å². The Morgan fingerprint density at radius 2 is 2.19 bits per heavy atom. The Kier molecular flexibility index (Phi) is 4.88. The number of carbonyl (C=O) groups is 1. The first kappa shape index (κ1) is 15.8. The van der Waals surface area contributed by atoms with E-state index < -0.39 is 0 Å². The molecule has 1 unspecified atom stereocenters. The lowest BCUT2D eigenvalue weighted by Gasteiger charge is -2.42. The average molecular weight is 295 g/mol. The van der Waals surface area contributed by atoms with Gasteiger partial charge in [-0.25, -0.2) is 4.79 Å². The molecule has 1 atom stereocenters. The molecule has 0 bridgehead atoms. The number of urea groups is 1. The number of hydrogen-bond acceptors (Lipinski definition) is 4. The highest BCUT2D eigenvalue weighted by Crippen LogP contribution is 2.34. The molecule has 3 N–H and O–H groups in total. The van der Waals surface area contributed by atoms with Crippen LogP contribution in [0, 0.1) is 13.8 Å². The van der Waals surface area contributed by atoms with E-state index in [4.69, 9.17) is 9.63 Å². The minimum atomic E-state index is -0.203. The van der Waals surface area contributed by atoms with Crippen LogP contribution in [0.4, 0.5) is 4.79 Å². The highest BCUT2D eigenvalue weighted by atomic mass is 16.5. The Bertz CT molecular complexity index is 475. The molecule has 118 valence electrons. The summed E-state index contributed by atoms with van der Waals surface area (Å²) in [6.07, 6.45) is 3.62. The van der Waals surface area contributed by atoms with Crippen molar-refractivity contribution in [1.29, 1.82) is 0 Å². The summed E-state index contributed by atoms with van der Waals surface area (Å²) in [5.74, 6) is 0.954. The number of aliphatic hydroxyl groups excluding tert-OH is 1. The van der Waals surface area contributed by atoms with Gasteiger partial charge in [-0.1, -0.05) is 12.1 Å². The van der Waals surface area contributed by atoms with Gasteiger partial charge in [-0.2, -0.15) is 0 Å². The number of rotatable bonds is 6. The third-order valence-electron chi connectivity index (χ3n) is 4.43. The molecule has 1 saturated carbocycles. The summed E-state index contributed by atoms with van der Waals surface area (Å²) >= 11 is 0. The monoisotopic (exact) mass is 295 g/mol. The molecule has 6 nitrogen and oxygen atoms in total. The first-order valence-electron chi connectivity index (χ1n) is 7.57. The van der Waals surface area contributed by atoms with E-state index in [1.54, 1.807) is 0 Å². The summed E-state index contributed by atoms with van der Waals surface area (Å²) < 4.78 is 5.16. The number of aryl methyl sites for hydroxylation is 2. The maximum atomic E-state index is 12.0. The third kappa shape index (κ3) is 3.56. The Labute approximate surface area is 125 Å². The van der Waals surface area contributed by atoms with Crippen molar-refractivity contribution in [3.63, 3.8) is 0 Å². The van der Waals surface area contributed by atoms with Gasteiger partial charge in [-0.15, -0.1) is 0 Å². The summed E-state index contributed by atoms with van der Waals surface area (Å²) in [4.78, 5) is 12.0. The zero-order chi connectivity index (χ0) is 15.5. The molecule has 1 aliphatic carbocycles. The van der Waals surface area contributed by atoms with E-state index in [9.17, 15) is 4.79 Å². The number of aliphatic hydroxyl groups is 1. The summed E-state index contributed by atoms with van der Waals surface area (Å²) in [6, 6.07) is -0.165. The lowest BCUT2D eigenvalue weighted by Crippen LogP contribution is -2.57. The van der Waals surface area contributed by atoms with Gasteiger partial charge in [0.05, 0.1) is 5.69 Å². The molecular weight excluding hydrogens is 270 g/mol. The van der Waals surface area contributed by atoms with Gasteiger partial charge in [0, 0.05) is 30.2 Å². The molecule has 0 radical (unpaired) electrons. The van der Waals surface area contributed by atoms with Gasteiger partial charge < -0.3 is 20.3 Å². The number of hydrogen-bond donors (Lipinski definition) is 3. The summed E-state index contributed by atoms with van der Waals surface area (Å²) in [6.45, 7) is 6.48. The van der Waals surface area contributed by atoms with Crippen molar-refractivity contribution in [2.75, 3.05) is 13.2 Å². The smallest absolute Gasteiger partial charge is 0.315 e. The van der Waals surface area contributed by atoms with Crippen molar-refractivity contribution in [2.45, 2.75) is 57.9 Å². The quantitative estimate of drug-likeness (QED) is 0.749. The molecule has 2 amide bonds. The summed E-state index contributed by atoms with van der Waals surface area (Å²) in [5.41, 5.74) is 1.73. The normalized spacial score (nSPS) is 17.9. The lowest BCUT2D eigenvalue weighted by atomic mass is 9.74. The zero-order valence-corrected chi connectivity index (χ0v) is 13.0. The Hall–Kier alpha value is -1.56. The predicted molar refractivity (Wildman–Crippen MR) is 79.2 cm³/mol. The minimum absolute atomic E-state index is 0.107. The lowest BCUT2D eigenvalue weighted by molar-refractivity contribution is 0.135. The van der Waals surface area contributed by atoms with Gasteiger partial charge in [0.25, 0.3) is 0 Å². The summed E-state index contributed by atoms with van der Waals surface area (Å²) in [5, 5.41) is 19.0. The van der Waals surface area contributed by atoms with Crippen LogP contribution in [-0.2, 0) is 0 Å². The minimum Gasteiger partial charge on any atom is -0.396 e. The first-order chi connectivity index (χ1) is 9.97. The highest BCUT2D eigenvalue weighted by molar-refractivity contribution is 5.75. The van der Waals surface area contributed by atoms with Crippen LogP contribution in [0.3, 0.4) is 0 Å². The van der Waals surface area contributed by atoms with Crippen molar-refractivity contribution >= 4 is 6.03 Å². The predicted octanol–water partition coefficient (Wildman–Crippen LogP) is 2.00. The van der Waals surface area contributed by atoms with E-state index >= 15 is 0 Å². The van der Waals surface area contributed by atoms with Crippen molar-refractivity contribution in [2.24, 2.45) is 0 Å². The molecule has 1 heterocycles. The number of nitrogens with one attached hydrogen (secondary N) is 2. The third-order valence-corrected chi connectivity index (χ3v) is 4.43. The molecule has 0 aromatic carbocycles. The van der Waals surface area contributed by atoms with Crippen LogP contribution in [0.1, 0.15) is 55.5 Å². The largest absolute Gasteiger partial charge is 0.396 e. The SMILES string of the molecule is Cc1noc(C)c1C(C)CNC(=O)NC1(CCO)CCC1. The van der Waals surface area contributed by atoms with Gasteiger partial charge in [0.15, 0.2) is 0 Å². The van der Waals surface area contributed by atoms with Crippen molar-refractivity contribution in [3.05, 3.63) is 17.0 Å². The van der Waals surface area contributed by atoms with E-state index in [2.05, 4.69) is 15.8 Å². The second-order valence-electron chi connectivity index (χ2n) is 6.08. The molecule has 1 aromatic rings. The molecule has 1 aliphatic rings. The van der Waals surface area contributed by atoms with Crippen molar-refractivity contribution in [1.82, 2.24) is 15.8 Å². The van der Waals surface area contributed by atoms with E-state index in [1.165, 1.54) is 0 Å². The fraction of sp³-hybridized carbons (Fsp3) is 0.733. The van der Waals surface area contributed by atoms with Crippen LogP contribution in [0.2, 0.25) is 0 Å². The molecule has 1 fully saturated rings. The first-order valence-corrected chi connectivity index (χ1v) is 7.57. The van der Waals surface area contributed by atoms with E-state index in [0.717, 1.165) is 36.3 Å². The number of carbonyl (C=O) groups excluding carboxylic acids is 1. The second-order valence-corrected chi connectivity index (χ2v) is 6.08. The molecule has 2 rings (SSSR count).